The number of hydrogen-bond donors (Lipinski definition) is 1. The zero-order chi connectivity index (χ0) is 13.5. The van der Waals surface area contributed by atoms with E-state index in [1.54, 1.807) is 0 Å². The molecule has 0 aliphatic rings. The Labute approximate surface area is 115 Å². The molecule has 3 heteroatoms. The third kappa shape index (κ3) is 4.21. The Bertz CT molecular complexity index is 450. The van der Waals surface area contributed by atoms with E-state index in [1.165, 1.54) is 5.56 Å². The Morgan fingerprint density at radius 2 is 1.95 bits per heavy atom. The molecule has 0 aliphatic heterocycles. The lowest BCUT2D eigenvalue weighted by molar-refractivity contribution is 0.456. The highest BCUT2D eigenvalue weighted by atomic mass is 15.3. The average molecular weight is 257 g/mol. The first kappa shape index (κ1) is 13.8. The van der Waals surface area contributed by atoms with Crippen LogP contribution < -0.4 is 5.32 Å². The predicted molar refractivity (Wildman–Crippen MR) is 79.2 cm³/mol. The van der Waals surface area contributed by atoms with Crippen molar-refractivity contribution in [2.24, 2.45) is 0 Å². The molecule has 3 nitrogen and oxygen atoms in total. The van der Waals surface area contributed by atoms with Gasteiger partial charge in [-0.2, -0.15) is 5.10 Å². The molecule has 2 aromatic rings. The van der Waals surface area contributed by atoms with Gasteiger partial charge in [-0.3, -0.25) is 4.68 Å². The summed E-state index contributed by atoms with van der Waals surface area (Å²) in [4.78, 5) is 0. The van der Waals surface area contributed by atoms with Crippen LogP contribution in [0, 0.1) is 0 Å². The van der Waals surface area contributed by atoms with Crippen LogP contribution in [0.2, 0.25) is 0 Å². The fourth-order valence-electron chi connectivity index (χ4n) is 2.23. The van der Waals surface area contributed by atoms with Gasteiger partial charge in [-0.1, -0.05) is 37.3 Å². The number of hydrogen-bond acceptors (Lipinski definition) is 2. The van der Waals surface area contributed by atoms with E-state index in [0.717, 1.165) is 19.5 Å². The zero-order valence-corrected chi connectivity index (χ0v) is 11.8. The summed E-state index contributed by atoms with van der Waals surface area (Å²) in [6, 6.07) is 13.1. The molecule has 1 aromatic heterocycles. The lowest BCUT2D eigenvalue weighted by Gasteiger charge is -2.21. The molecule has 1 heterocycles. The molecular weight excluding hydrogens is 234 g/mol. The molecule has 0 bridgehead atoms. The molecule has 2 rings (SSSR count). The maximum Gasteiger partial charge on any atom is 0.0489 e. The molecule has 1 aromatic carbocycles. The molecule has 19 heavy (non-hydrogen) atoms. The highest BCUT2D eigenvalue weighted by Gasteiger charge is 2.12. The number of nitrogens with zero attached hydrogens (tertiary/aromatic N) is 2. The van der Waals surface area contributed by atoms with Gasteiger partial charge in [0.25, 0.3) is 0 Å². The number of aryl methyl sites for hydroxylation is 1. The largest absolute Gasteiger partial charge is 0.314 e. The fraction of sp³-hybridized carbons (Fsp3) is 0.438. The Morgan fingerprint density at radius 3 is 2.63 bits per heavy atom. The second kappa shape index (κ2) is 7.10. The minimum absolute atomic E-state index is 0.486. The molecule has 2 atom stereocenters. The Hall–Kier alpha value is -1.61. The van der Waals surface area contributed by atoms with E-state index in [4.69, 9.17) is 0 Å². The van der Waals surface area contributed by atoms with Gasteiger partial charge in [-0.05, 0) is 37.4 Å². The van der Waals surface area contributed by atoms with Crippen molar-refractivity contribution in [1.82, 2.24) is 15.1 Å². The van der Waals surface area contributed by atoms with Crippen molar-refractivity contribution < 1.29 is 0 Å². The van der Waals surface area contributed by atoms with Crippen LogP contribution in [-0.4, -0.2) is 22.4 Å². The van der Waals surface area contributed by atoms with E-state index < -0.39 is 0 Å². The van der Waals surface area contributed by atoms with Crippen molar-refractivity contribution >= 4 is 0 Å². The summed E-state index contributed by atoms with van der Waals surface area (Å²) in [6.45, 7) is 6.54. The van der Waals surface area contributed by atoms with Crippen LogP contribution in [0.25, 0.3) is 0 Å². The molecule has 0 saturated carbocycles. The zero-order valence-electron chi connectivity index (χ0n) is 11.8. The first-order valence-electron chi connectivity index (χ1n) is 7.03. The highest BCUT2D eigenvalue weighted by molar-refractivity contribution is 5.20. The van der Waals surface area contributed by atoms with Crippen molar-refractivity contribution in [2.45, 2.75) is 38.8 Å². The van der Waals surface area contributed by atoms with Crippen LogP contribution in [-0.2, 0) is 6.54 Å². The Balaban J connectivity index is 1.70. The maximum absolute atomic E-state index is 4.20. The van der Waals surface area contributed by atoms with Gasteiger partial charge in [0.2, 0.25) is 0 Å². The number of rotatable bonds is 7. The van der Waals surface area contributed by atoms with Crippen LogP contribution in [0.5, 0.6) is 0 Å². The van der Waals surface area contributed by atoms with Crippen molar-refractivity contribution in [3.8, 4) is 0 Å². The van der Waals surface area contributed by atoms with Crippen molar-refractivity contribution in [3.05, 3.63) is 54.4 Å². The molecule has 0 spiro atoms. The quantitative estimate of drug-likeness (QED) is 0.773. The topological polar surface area (TPSA) is 29.9 Å². The molecule has 0 aliphatic carbocycles. The Morgan fingerprint density at radius 1 is 1.16 bits per heavy atom. The second-order valence-electron chi connectivity index (χ2n) is 5.06. The predicted octanol–water partition coefficient (Wildman–Crippen LogP) is 3.06. The van der Waals surface area contributed by atoms with E-state index in [9.17, 15) is 0 Å². The SMILES string of the molecule is C[C@@H](NCCCn1cccn1)[C@@H](C)c1ccccc1. The normalized spacial score (nSPS) is 14.2. The smallest absolute Gasteiger partial charge is 0.0489 e. The van der Waals surface area contributed by atoms with Gasteiger partial charge in [0, 0.05) is 25.0 Å². The minimum atomic E-state index is 0.486. The summed E-state index contributed by atoms with van der Waals surface area (Å²) in [5.41, 5.74) is 1.40. The van der Waals surface area contributed by atoms with Crippen molar-refractivity contribution in [2.75, 3.05) is 6.54 Å². The second-order valence-corrected chi connectivity index (χ2v) is 5.06. The van der Waals surface area contributed by atoms with Gasteiger partial charge in [-0.15, -0.1) is 0 Å². The summed E-state index contributed by atoms with van der Waals surface area (Å²) < 4.78 is 1.98. The summed E-state index contributed by atoms with van der Waals surface area (Å²) in [5.74, 6) is 0.533. The van der Waals surface area contributed by atoms with Crippen LogP contribution in [0.1, 0.15) is 31.7 Å². The van der Waals surface area contributed by atoms with E-state index in [0.29, 0.717) is 12.0 Å². The summed E-state index contributed by atoms with van der Waals surface area (Å²) in [7, 11) is 0. The molecule has 0 fully saturated rings. The van der Waals surface area contributed by atoms with Gasteiger partial charge in [0.05, 0.1) is 0 Å². The Kier molecular flexibility index (Phi) is 5.16. The van der Waals surface area contributed by atoms with E-state index in [-0.39, 0.29) is 0 Å². The molecular formula is C16H23N3. The van der Waals surface area contributed by atoms with Crippen LogP contribution in [0.4, 0.5) is 0 Å². The third-order valence-electron chi connectivity index (χ3n) is 3.66. The number of nitrogens with one attached hydrogen (secondary N) is 1. The molecule has 0 saturated heterocycles. The molecule has 1 N–H and O–H groups in total. The minimum Gasteiger partial charge on any atom is -0.314 e. The third-order valence-corrected chi connectivity index (χ3v) is 3.66. The van der Waals surface area contributed by atoms with E-state index in [2.05, 4.69) is 54.6 Å². The molecule has 0 amide bonds. The summed E-state index contributed by atoms with van der Waals surface area (Å²) in [6.07, 6.45) is 4.94. The fourth-order valence-corrected chi connectivity index (χ4v) is 2.23. The van der Waals surface area contributed by atoms with E-state index in [1.807, 2.05) is 23.1 Å². The standard InChI is InChI=1S/C16H23N3/c1-14(16-8-4-3-5-9-16)15(2)17-10-6-12-19-13-7-11-18-19/h3-5,7-9,11,13-15,17H,6,10,12H2,1-2H3/t14-,15-/m1/s1. The van der Waals surface area contributed by atoms with Gasteiger partial charge in [0.1, 0.15) is 0 Å². The molecule has 0 radical (unpaired) electrons. The number of benzene rings is 1. The van der Waals surface area contributed by atoms with Crippen molar-refractivity contribution in [3.63, 3.8) is 0 Å². The van der Waals surface area contributed by atoms with Crippen molar-refractivity contribution in [1.29, 1.82) is 0 Å². The monoisotopic (exact) mass is 257 g/mol. The number of aromatic nitrogens is 2. The first-order chi connectivity index (χ1) is 9.27. The summed E-state index contributed by atoms with van der Waals surface area (Å²) >= 11 is 0. The van der Waals surface area contributed by atoms with E-state index >= 15 is 0 Å². The van der Waals surface area contributed by atoms with Crippen LogP contribution >= 0.6 is 0 Å². The van der Waals surface area contributed by atoms with Crippen LogP contribution in [0.3, 0.4) is 0 Å². The lowest BCUT2D eigenvalue weighted by Crippen LogP contribution is -2.32. The van der Waals surface area contributed by atoms with Gasteiger partial charge in [0.15, 0.2) is 0 Å². The maximum atomic E-state index is 4.20. The average Bonchev–Trinajstić information content (AvgIpc) is 2.96. The highest BCUT2D eigenvalue weighted by Crippen LogP contribution is 2.18. The molecule has 0 unspecified atom stereocenters. The first-order valence-corrected chi connectivity index (χ1v) is 7.03. The van der Waals surface area contributed by atoms with Gasteiger partial charge in [-0.25, -0.2) is 0 Å². The van der Waals surface area contributed by atoms with Crippen LogP contribution in [0.15, 0.2) is 48.8 Å². The molecule has 102 valence electrons. The summed E-state index contributed by atoms with van der Waals surface area (Å²) in [5, 5.41) is 7.81. The van der Waals surface area contributed by atoms with Gasteiger partial charge >= 0.3 is 0 Å². The lowest BCUT2D eigenvalue weighted by atomic mass is 9.94. The van der Waals surface area contributed by atoms with Gasteiger partial charge < -0.3 is 5.32 Å².